The van der Waals surface area contributed by atoms with E-state index in [-0.39, 0.29) is 12.1 Å². The Bertz CT molecular complexity index is 394. The number of amides is 1. The zero-order valence-electron chi connectivity index (χ0n) is 11.2. The van der Waals surface area contributed by atoms with Crippen molar-refractivity contribution in [3.05, 3.63) is 35.9 Å². The molecule has 4 nitrogen and oxygen atoms in total. The molecule has 0 aliphatic heterocycles. The third-order valence-corrected chi connectivity index (χ3v) is 3.69. The Labute approximate surface area is 114 Å². The Morgan fingerprint density at radius 3 is 2.74 bits per heavy atom. The van der Waals surface area contributed by atoms with Gasteiger partial charge in [-0.25, -0.2) is 4.79 Å². The smallest absolute Gasteiger partial charge is 0.407 e. The summed E-state index contributed by atoms with van der Waals surface area (Å²) in [5.41, 5.74) is 7.03. The minimum atomic E-state index is -0.360. The predicted octanol–water partition coefficient (Wildman–Crippen LogP) is 2.43. The van der Waals surface area contributed by atoms with Crippen LogP contribution in [0.25, 0.3) is 0 Å². The molecule has 1 aliphatic carbocycles. The van der Waals surface area contributed by atoms with Gasteiger partial charge in [0.1, 0.15) is 6.61 Å². The molecule has 3 N–H and O–H groups in total. The second-order valence-electron chi connectivity index (χ2n) is 5.15. The van der Waals surface area contributed by atoms with Gasteiger partial charge in [0.25, 0.3) is 0 Å². The van der Waals surface area contributed by atoms with Crippen molar-refractivity contribution >= 4 is 6.09 Å². The lowest BCUT2D eigenvalue weighted by atomic mass is 9.85. The monoisotopic (exact) mass is 262 g/mol. The van der Waals surface area contributed by atoms with Crippen molar-refractivity contribution in [3.8, 4) is 0 Å². The molecule has 0 radical (unpaired) electrons. The van der Waals surface area contributed by atoms with Crippen molar-refractivity contribution in [2.75, 3.05) is 6.54 Å². The van der Waals surface area contributed by atoms with Crippen molar-refractivity contribution in [2.45, 2.75) is 38.3 Å². The summed E-state index contributed by atoms with van der Waals surface area (Å²) in [6.45, 7) is 0.929. The highest BCUT2D eigenvalue weighted by molar-refractivity contribution is 5.67. The molecule has 1 aromatic rings. The molecule has 1 fully saturated rings. The summed E-state index contributed by atoms with van der Waals surface area (Å²) in [6.07, 6.45) is 4.21. The minimum absolute atomic E-state index is 0.211. The number of nitrogens with one attached hydrogen (secondary N) is 1. The summed E-state index contributed by atoms with van der Waals surface area (Å²) in [4.78, 5) is 11.6. The summed E-state index contributed by atoms with van der Waals surface area (Å²) >= 11 is 0. The van der Waals surface area contributed by atoms with Gasteiger partial charge in [0.15, 0.2) is 0 Å². The Hall–Kier alpha value is -1.55. The van der Waals surface area contributed by atoms with E-state index in [4.69, 9.17) is 10.5 Å². The Morgan fingerprint density at radius 2 is 2.00 bits per heavy atom. The van der Waals surface area contributed by atoms with Crippen molar-refractivity contribution in [1.82, 2.24) is 5.32 Å². The van der Waals surface area contributed by atoms with Crippen molar-refractivity contribution < 1.29 is 9.53 Å². The van der Waals surface area contributed by atoms with E-state index in [9.17, 15) is 4.79 Å². The molecule has 2 unspecified atom stereocenters. The van der Waals surface area contributed by atoms with Crippen LogP contribution in [0.15, 0.2) is 30.3 Å². The maximum absolute atomic E-state index is 11.6. The molecule has 2 atom stereocenters. The summed E-state index contributed by atoms with van der Waals surface area (Å²) in [5, 5.41) is 2.81. The van der Waals surface area contributed by atoms with Gasteiger partial charge in [0.2, 0.25) is 0 Å². The van der Waals surface area contributed by atoms with E-state index >= 15 is 0 Å². The molecule has 0 bridgehead atoms. The van der Waals surface area contributed by atoms with E-state index in [2.05, 4.69) is 5.32 Å². The average molecular weight is 262 g/mol. The molecule has 0 spiro atoms. The van der Waals surface area contributed by atoms with E-state index in [1.165, 1.54) is 12.8 Å². The Kier molecular flexibility index (Phi) is 5.21. The number of carbonyl (C=O) groups excluding carboxylic acids is 1. The molecule has 1 aliphatic rings. The zero-order chi connectivity index (χ0) is 13.5. The number of hydrogen-bond donors (Lipinski definition) is 2. The highest BCUT2D eigenvalue weighted by atomic mass is 16.5. The van der Waals surface area contributed by atoms with Gasteiger partial charge < -0.3 is 15.8 Å². The molecule has 1 saturated carbocycles. The highest BCUT2D eigenvalue weighted by Gasteiger charge is 2.22. The van der Waals surface area contributed by atoms with Crippen LogP contribution in [0, 0.1) is 5.92 Å². The van der Waals surface area contributed by atoms with Crippen LogP contribution >= 0.6 is 0 Å². The number of rotatable bonds is 4. The molecule has 4 heteroatoms. The molecule has 104 valence electrons. The molecule has 0 saturated heterocycles. The summed E-state index contributed by atoms with van der Waals surface area (Å²) < 4.78 is 5.16. The SMILES string of the molecule is NC1CCCCC1CNC(=O)OCc1ccccc1. The standard InChI is InChI=1S/C15H22N2O2/c16-14-9-5-4-8-13(14)10-17-15(18)19-11-12-6-2-1-3-7-12/h1-3,6-7,13-14H,4-5,8-11,16H2,(H,17,18). The molecular weight excluding hydrogens is 240 g/mol. The van der Waals surface area contributed by atoms with Gasteiger partial charge in [-0.05, 0) is 24.3 Å². The second-order valence-corrected chi connectivity index (χ2v) is 5.15. The molecule has 19 heavy (non-hydrogen) atoms. The predicted molar refractivity (Wildman–Crippen MR) is 74.6 cm³/mol. The fraction of sp³-hybridized carbons (Fsp3) is 0.533. The van der Waals surface area contributed by atoms with Crippen LogP contribution in [0.5, 0.6) is 0 Å². The normalized spacial score (nSPS) is 22.8. The number of carbonyl (C=O) groups is 1. The lowest BCUT2D eigenvalue weighted by Crippen LogP contribution is -2.41. The van der Waals surface area contributed by atoms with Gasteiger partial charge in [0, 0.05) is 12.6 Å². The molecular formula is C15H22N2O2. The van der Waals surface area contributed by atoms with E-state index < -0.39 is 0 Å². The summed E-state index contributed by atoms with van der Waals surface area (Å²) in [7, 11) is 0. The third kappa shape index (κ3) is 4.56. The van der Waals surface area contributed by atoms with Crippen LogP contribution in [0.4, 0.5) is 4.79 Å². The fourth-order valence-corrected chi connectivity index (χ4v) is 2.48. The highest BCUT2D eigenvalue weighted by Crippen LogP contribution is 2.22. The first-order valence-corrected chi connectivity index (χ1v) is 6.96. The van der Waals surface area contributed by atoms with Gasteiger partial charge in [-0.2, -0.15) is 0 Å². The second kappa shape index (κ2) is 7.14. The number of alkyl carbamates (subject to hydrolysis) is 1. The number of hydrogen-bond acceptors (Lipinski definition) is 3. The molecule has 2 rings (SSSR count). The quantitative estimate of drug-likeness (QED) is 0.876. The summed E-state index contributed by atoms with van der Waals surface area (Å²) in [5.74, 6) is 0.387. The number of ether oxygens (including phenoxy) is 1. The molecule has 0 heterocycles. The van der Waals surface area contributed by atoms with Crippen LogP contribution in [0.2, 0.25) is 0 Å². The lowest BCUT2D eigenvalue weighted by Gasteiger charge is -2.28. The first-order valence-electron chi connectivity index (χ1n) is 6.96. The maximum Gasteiger partial charge on any atom is 0.407 e. The van der Waals surface area contributed by atoms with Crippen LogP contribution < -0.4 is 11.1 Å². The Morgan fingerprint density at radius 1 is 1.26 bits per heavy atom. The van der Waals surface area contributed by atoms with Gasteiger partial charge in [-0.15, -0.1) is 0 Å². The van der Waals surface area contributed by atoms with Crippen molar-refractivity contribution in [2.24, 2.45) is 11.7 Å². The zero-order valence-corrected chi connectivity index (χ0v) is 11.2. The van der Waals surface area contributed by atoms with Crippen LogP contribution in [0.3, 0.4) is 0 Å². The maximum atomic E-state index is 11.6. The Balaban J connectivity index is 1.67. The van der Waals surface area contributed by atoms with E-state index in [1.54, 1.807) is 0 Å². The van der Waals surface area contributed by atoms with Crippen molar-refractivity contribution in [3.63, 3.8) is 0 Å². The van der Waals surface area contributed by atoms with Crippen LogP contribution in [-0.2, 0) is 11.3 Å². The third-order valence-electron chi connectivity index (χ3n) is 3.69. The average Bonchev–Trinajstić information content (AvgIpc) is 2.45. The first-order chi connectivity index (χ1) is 9.25. The molecule has 1 amide bonds. The first kappa shape index (κ1) is 13.9. The van der Waals surface area contributed by atoms with Gasteiger partial charge >= 0.3 is 6.09 Å². The van der Waals surface area contributed by atoms with E-state index in [0.717, 1.165) is 18.4 Å². The van der Waals surface area contributed by atoms with E-state index in [1.807, 2.05) is 30.3 Å². The van der Waals surface area contributed by atoms with Gasteiger partial charge in [-0.3, -0.25) is 0 Å². The largest absolute Gasteiger partial charge is 0.445 e. The minimum Gasteiger partial charge on any atom is -0.445 e. The lowest BCUT2D eigenvalue weighted by molar-refractivity contribution is 0.136. The van der Waals surface area contributed by atoms with Crippen LogP contribution in [0.1, 0.15) is 31.2 Å². The van der Waals surface area contributed by atoms with Crippen LogP contribution in [-0.4, -0.2) is 18.7 Å². The van der Waals surface area contributed by atoms with Gasteiger partial charge in [0.05, 0.1) is 0 Å². The van der Waals surface area contributed by atoms with Gasteiger partial charge in [-0.1, -0.05) is 43.2 Å². The number of benzene rings is 1. The van der Waals surface area contributed by atoms with Crippen molar-refractivity contribution in [1.29, 1.82) is 0 Å². The number of nitrogens with two attached hydrogens (primary N) is 1. The molecule has 0 aromatic heterocycles. The fourth-order valence-electron chi connectivity index (χ4n) is 2.48. The van der Waals surface area contributed by atoms with E-state index in [0.29, 0.717) is 19.1 Å². The topological polar surface area (TPSA) is 64.3 Å². The summed E-state index contributed by atoms with van der Waals surface area (Å²) in [6, 6.07) is 9.88. The molecule has 1 aromatic carbocycles.